The Morgan fingerprint density at radius 1 is 1.67 bits per heavy atom. The second kappa shape index (κ2) is 4.59. The molecule has 0 aliphatic carbocycles. The maximum absolute atomic E-state index is 9.62. The van der Waals surface area contributed by atoms with E-state index in [0.29, 0.717) is 12.4 Å². The van der Waals surface area contributed by atoms with Crippen LogP contribution in [0.2, 0.25) is 0 Å². The van der Waals surface area contributed by atoms with Crippen molar-refractivity contribution in [2.75, 3.05) is 30.0 Å². The highest BCUT2D eigenvalue weighted by molar-refractivity contribution is 7.99. The summed E-state index contributed by atoms with van der Waals surface area (Å²) < 4.78 is 4.16. The molecule has 1 fully saturated rings. The van der Waals surface area contributed by atoms with Gasteiger partial charge in [-0.1, -0.05) is 0 Å². The van der Waals surface area contributed by atoms with E-state index >= 15 is 0 Å². The van der Waals surface area contributed by atoms with E-state index in [4.69, 9.17) is 5.73 Å². The summed E-state index contributed by atoms with van der Waals surface area (Å²) in [7, 11) is 0. The highest BCUT2D eigenvalue weighted by Gasteiger charge is 2.22. The monoisotopic (exact) mass is 245 g/mol. The average Bonchev–Trinajstić information content (AvgIpc) is 2.59. The molecule has 1 atom stereocenters. The molecule has 0 bridgehead atoms. The second-order valence-corrected chi connectivity index (χ2v) is 5.22. The van der Waals surface area contributed by atoms with Gasteiger partial charge in [-0.3, -0.25) is 0 Å². The minimum atomic E-state index is -0.211. The Morgan fingerprint density at radius 3 is 3.13 bits per heavy atom. The van der Waals surface area contributed by atoms with Crippen molar-refractivity contribution in [2.24, 2.45) is 0 Å². The van der Waals surface area contributed by atoms with Gasteiger partial charge < -0.3 is 15.7 Å². The number of β-amino-alcohol motifs (C(OH)–C–C–N with tert-alkyl or cyclic N) is 1. The molecule has 1 aromatic heterocycles. The Hall–Kier alpha value is -0.460. The van der Waals surface area contributed by atoms with E-state index in [9.17, 15) is 5.11 Å². The SMILES string of the molecule is CSc1c(N)nsc1N1CCCC(O)C1. The fourth-order valence-electron chi connectivity index (χ4n) is 1.82. The van der Waals surface area contributed by atoms with E-state index < -0.39 is 0 Å². The number of aliphatic hydroxyl groups excluding tert-OH is 1. The van der Waals surface area contributed by atoms with Gasteiger partial charge in [-0.15, -0.1) is 11.8 Å². The average molecular weight is 245 g/mol. The topological polar surface area (TPSA) is 62.4 Å². The van der Waals surface area contributed by atoms with Gasteiger partial charge in [0, 0.05) is 13.1 Å². The summed E-state index contributed by atoms with van der Waals surface area (Å²) >= 11 is 3.05. The van der Waals surface area contributed by atoms with Crippen molar-refractivity contribution in [3.8, 4) is 0 Å². The number of piperidine rings is 1. The van der Waals surface area contributed by atoms with E-state index in [0.717, 1.165) is 29.3 Å². The van der Waals surface area contributed by atoms with Gasteiger partial charge in [0.1, 0.15) is 5.00 Å². The zero-order valence-corrected chi connectivity index (χ0v) is 10.3. The molecule has 0 radical (unpaired) electrons. The molecule has 0 amide bonds. The molecular formula is C9H15N3OS2. The molecule has 0 aromatic carbocycles. The van der Waals surface area contributed by atoms with Crippen molar-refractivity contribution < 1.29 is 5.11 Å². The molecule has 15 heavy (non-hydrogen) atoms. The van der Waals surface area contributed by atoms with Crippen LogP contribution in [-0.4, -0.2) is 34.9 Å². The fraction of sp³-hybridized carbons (Fsp3) is 0.667. The molecule has 6 heteroatoms. The van der Waals surface area contributed by atoms with Crippen LogP contribution < -0.4 is 10.6 Å². The van der Waals surface area contributed by atoms with Crippen LogP contribution in [0.25, 0.3) is 0 Å². The first-order chi connectivity index (χ1) is 7.22. The van der Waals surface area contributed by atoms with Gasteiger partial charge in [-0.05, 0) is 30.6 Å². The van der Waals surface area contributed by atoms with Crippen LogP contribution in [-0.2, 0) is 0 Å². The first kappa shape index (κ1) is 11.0. The molecule has 3 N–H and O–H groups in total. The molecule has 1 aliphatic heterocycles. The van der Waals surface area contributed by atoms with E-state index in [1.807, 2.05) is 6.26 Å². The van der Waals surface area contributed by atoms with Gasteiger partial charge in [0.25, 0.3) is 0 Å². The number of anilines is 2. The molecule has 1 saturated heterocycles. The predicted octanol–water partition coefficient (Wildman–Crippen LogP) is 1.41. The Bertz CT molecular complexity index is 342. The molecule has 2 rings (SSSR count). The molecule has 1 aromatic rings. The maximum atomic E-state index is 9.62. The number of thioether (sulfide) groups is 1. The number of nitrogens with two attached hydrogens (primary N) is 1. The summed E-state index contributed by atoms with van der Waals surface area (Å²) in [5, 5.41) is 10.7. The van der Waals surface area contributed by atoms with Gasteiger partial charge in [-0.2, -0.15) is 4.37 Å². The summed E-state index contributed by atoms with van der Waals surface area (Å²) in [6.45, 7) is 1.70. The summed E-state index contributed by atoms with van der Waals surface area (Å²) in [6.07, 6.45) is 3.73. The quantitative estimate of drug-likeness (QED) is 0.771. The number of hydrogen-bond acceptors (Lipinski definition) is 6. The number of hydrogen-bond donors (Lipinski definition) is 2. The van der Waals surface area contributed by atoms with Crippen LogP contribution >= 0.6 is 23.3 Å². The minimum Gasteiger partial charge on any atom is -0.391 e. The first-order valence-electron chi connectivity index (χ1n) is 4.94. The molecule has 1 unspecified atom stereocenters. The highest BCUT2D eigenvalue weighted by atomic mass is 32.2. The third kappa shape index (κ3) is 2.21. The van der Waals surface area contributed by atoms with Gasteiger partial charge >= 0.3 is 0 Å². The number of aromatic nitrogens is 1. The van der Waals surface area contributed by atoms with Crippen LogP contribution in [0, 0.1) is 0 Å². The van der Waals surface area contributed by atoms with Crippen LogP contribution in [0.3, 0.4) is 0 Å². The Kier molecular flexibility index (Phi) is 3.38. The predicted molar refractivity (Wildman–Crippen MR) is 65.8 cm³/mol. The fourth-order valence-corrected chi connectivity index (χ4v) is 3.54. The minimum absolute atomic E-state index is 0.211. The first-order valence-corrected chi connectivity index (χ1v) is 6.94. The zero-order valence-electron chi connectivity index (χ0n) is 8.64. The summed E-state index contributed by atoms with van der Waals surface area (Å²) in [4.78, 5) is 3.24. The maximum Gasteiger partial charge on any atom is 0.153 e. The lowest BCUT2D eigenvalue weighted by atomic mass is 10.1. The van der Waals surface area contributed by atoms with Gasteiger partial charge in [-0.25, -0.2) is 0 Å². The smallest absolute Gasteiger partial charge is 0.153 e. The molecule has 4 nitrogen and oxygen atoms in total. The van der Waals surface area contributed by atoms with Crippen molar-refractivity contribution in [2.45, 2.75) is 23.8 Å². The lowest BCUT2D eigenvalue weighted by Crippen LogP contribution is -2.38. The van der Waals surface area contributed by atoms with E-state index in [2.05, 4.69) is 9.27 Å². The molecule has 1 aliphatic rings. The van der Waals surface area contributed by atoms with Crippen molar-refractivity contribution in [1.29, 1.82) is 0 Å². The van der Waals surface area contributed by atoms with Crippen molar-refractivity contribution in [1.82, 2.24) is 4.37 Å². The number of aliphatic hydroxyl groups is 1. The van der Waals surface area contributed by atoms with Crippen LogP contribution in [0.1, 0.15) is 12.8 Å². The van der Waals surface area contributed by atoms with Crippen molar-refractivity contribution in [3.05, 3.63) is 0 Å². The molecule has 2 heterocycles. The molecule has 84 valence electrons. The lowest BCUT2D eigenvalue weighted by Gasteiger charge is -2.30. The van der Waals surface area contributed by atoms with Crippen LogP contribution in [0.4, 0.5) is 10.8 Å². The van der Waals surface area contributed by atoms with E-state index in [1.165, 1.54) is 11.5 Å². The van der Waals surface area contributed by atoms with Gasteiger partial charge in [0.05, 0.1) is 11.0 Å². The summed E-state index contributed by atoms with van der Waals surface area (Å²) in [5.74, 6) is 0.613. The number of rotatable bonds is 2. The van der Waals surface area contributed by atoms with Crippen LogP contribution in [0.5, 0.6) is 0 Å². The highest BCUT2D eigenvalue weighted by Crippen LogP contribution is 2.38. The Labute approximate surface area is 97.6 Å². The molecule has 0 saturated carbocycles. The third-order valence-corrected chi connectivity index (χ3v) is 4.41. The Balaban J connectivity index is 2.20. The second-order valence-electron chi connectivity index (χ2n) is 3.65. The van der Waals surface area contributed by atoms with Crippen LogP contribution in [0.15, 0.2) is 4.90 Å². The standard InChI is InChI=1S/C9H15N3OS2/c1-14-7-8(10)11-15-9(7)12-4-2-3-6(13)5-12/h6,13H,2-5H2,1H3,(H2,10,11). The van der Waals surface area contributed by atoms with Crippen molar-refractivity contribution in [3.63, 3.8) is 0 Å². The van der Waals surface area contributed by atoms with Gasteiger partial charge in [0.15, 0.2) is 5.82 Å². The van der Waals surface area contributed by atoms with Crippen molar-refractivity contribution >= 4 is 34.1 Å². The summed E-state index contributed by atoms with van der Waals surface area (Å²) in [6, 6.07) is 0. The number of nitrogen functional groups attached to an aromatic ring is 1. The number of nitrogens with zero attached hydrogens (tertiary/aromatic N) is 2. The zero-order chi connectivity index (χ0) is 10.8. The van der Waals surface area contributed by atoms with E-state index in [1.54, 1.807) is 11.8 Å². The third-order valence-electron chi connectivity index (χ3n) is 2.55. The lowest BCUT2D eigenvalue weighted by molar-refractivity contribution is 0.154. The van der Waals surface area contributed by atoms with E-state index in [-0.39, 0.29) is 6.10 Å². The largest absolute Gasteiger partial charge is 0.391 e. The molecular weight excluding hydrogens is 230 g/mol. The molecule has 0 spiro atoms. The summed E-state index contributed by atoms with van der Waals surface area (Å²) in [5.41, 5.74) is 5.78. The normalized spacial score (nSPS) is 22.0. The van der Waals surface area contributed by atoms with Gasteiger partial charge in [0.2, 0.25) is 0 Å². The Morgan fingerprint density at radius 2 is 2.47 bits per heavy atom.